The molecule has 0 amide bonds. The van der Waals surface area contributed by atoms with Crippen molar-refractivity contribution in [2.24, 2.45) is 7.05 Å². The SMILES string of the molecule is COc1ccccc1-n1cc(-c2nc3c([C@@H](C)Nc4ccc(Cl)nc4C(=O)O)cc(C)cc3c(=O)n2C)cn1. The number of rotatable bonds is 7. The summed E-state index contributed by atoms with van der Waals surface area (Å²) in [5.41, 5.74) is 3.39. The first-order chi connectivity index (χ1) is 18.7. The minimum absolute atomic E-state index is 0.0788. The lowest BCUT2D eigenvalue weighted by atomic mass is 10.0. The molecule has 5 rings (SSSR count). The molecule has 5 aromatic rings. The largest absolute Gasteiger partial charge is 0.494 e. The zero-order valence-electron chi connectivity index (χ0n) is 21.6. The Bertz CT molecular complexity index is 1800. The number of fused-ring (bicyclic) bond motifs is 1. The third kappa shape index (κ3) is 4.82. The summed E-state index contributed by atoms with van der Waals surface area (Å²) in [6.45, 7) is 3.76. The molecule has 0 spiro atoms. The fraction of sp³-hybridized carbons (Fsp3) is 0.179. The van der Waals surface area contributed by atoms with Crippen LogP contribution in [0.3, 0.4) is 0 Å². The number of aromatic nitrogens is 5. The van der Waals surface area contributed by atoms with Gasteiger partial charge in [0.1, 0.15) is 22.4 Å². The molecule has 198 valence electrons. The molecule has 0 unspecified atom stereocenters. The normalized spacial score (nSPS) is 11.9. The second-order valence-corrected chi connectivity index (χ2v) is 9.48. The lowest BCUT2D eigenvalue weighted by Gasteiger charge is -2.20. The molecule has 0 aliphatic heterocycles. The van der Waals surface area contributed by atoms with Crippen LogP contribution in [-0.4, -0.2) is 42.5 Å². The third-order valence-electron chi connectivity index (χ3n) is 6.43. The van der Waals surface area contributed by atoms with Crippen molar-refractivity contribution < 1.29 is 14.6 Å². The van der Waals surface area contributed by atoms with Gasteiger partial charge in [0.2, 0.25) is 0 Å². The van der Waals surface area contributed by atoms with Crippen LogP contribution in [0.2, 0.25) is 5.15 Å². The number of carboxylic acid groups (broad SMARTS) is 1. The van der Waals surface area contributed by atoms with Gasteiger partial charge in [0, 0.05) is 18.8 Å². The Hall–Kier alpha value is -4.70. The van der Waals surface area contributed by atoms with Crippen molar-refractivity contribution >= 4 is 34.2 Å². The number of carbonyl (C=O) groups is 1. The number of ether oxygens (including phenoxy) is 1. The first-order valence-corrected chi connectivity index (χ1v) is 12.4. The first kappa shape index (κ1) is 25.9. The van der Waals surface area contributed by atoms with Crippen LogP contribution >= 0.6 is 11.6 Å². The van der Waals surface area contributed by atoms with Gasteiger partial charge in [-0.2, -0.15) is 5.10 Å². The van der Waals surface area contributed by atoms with E-state index in [0.717, 1.165) is 16.8 Å². The molecule has 0 saturated heterocycles. The van der Waals surface area contributed by atoms with Gasteiger partial charge >= 0.3 is 5.97 Å². The predicted molar refractivity (Wildman–Crippen MR) is 149 cm³/mol. The summed E-state index contributed by atoms with van der Waals surface area (Å²) in [4.78, 5) is 34.1. The number of hydrogen-bond acceptors (Lipinski definition) is 7. The number of halogens is 1. The number of nitrogens with zero attached hydrogens (tertiary/aromatic N) is 5. The maximum absolute atomic E-state index is 13.5. The van der Waals surface area contributed by atoms with Gasteiger partial charge in [0.15, 0.2) is 5.69 Å². The summed E-state index contributed by atoms with van der Waals surface area (Å²) < 4.78 is 8.63. The maximum atomic E-state index is 13.5. The number of carboxylic acids is 1. The number of anilines is 1. The molecule has 39 heavy (non-hydrogen) atoms. The molecule has 2 N–H and O–H groups in total. The minimum atomic E-state index is -1.21. The maximum Gasteiger partial charge on any atom is 0.356 e. The fourth-order valence-corrected chi connectivity index (χ4v) is 4.70. The number of para-hydroxylation sites is 2. The smallest absolute Gasteiger partial charge is 0.356 e. The molecule has 3 aromatic heterocycles. The molecule has 0 saturated carbocycles. The molecule has 0 aliphatic rings. The Kier molecular flexibility index (Phi) is 6.80. The van der Waals surface area contributed by atoms with E-state index in [0.29, 0.717) is 33.7 Å². The lowest BCUT2D eigenvalue weighted by molar-refractivity contribution is 0.0691. The van der Waals surface area contributed by atoms with Gasteiger partial charge < -0.3 is 15.2 Å². The molecule has 1 atom stereocenters. The zero-order chi connectivity index (χ0) is 27.8. The molecule has 0 fully saturated rings. The van der Waals surface area contributed by atoms with Crippen molar-refractivity contribution in [3.8, 4) is 22.8 Å². The first-order valence-electron chi connectivity index (χ1n) is 12.0. The standard InChI is InChI=1S/C28H25ClN6O4/c1-15-11-18(16(2)31-20-9-10-23(29)32-25(20)28(37)38)24-19(12-15)27(36)34(3)26(33-24)17-13-30-35(14-17)21-7-5-6-8-22(21)39-4/h5-14,16,31H,1-4H3,(H,37,38)/t16-/m1/s1. The van der Waals surface area contributed by atoms with Gasteiger partial charge in [-0.1, -0.05) is 29.8 Å². The summed E-state index contributed by atoms with van der Waals surface area (Å²) in [5, 5.41) is 17.8. The number of hydrogen-bond donors (Lipinski definition) is 2. The minimum Gasteiger partial charge on any atom is -0.494 e. The van der Waals surface area contributed by atoms with Crippen molar-refractivity contribution in [1.82, 2.24) is 24.3 Å². The number of pyridine rings is 1. The third-order valence-corrected chi connectivity index (χ3v) is 6.64. The number of nitrogens with one attached hydrogen (secondary N) is 1. The Labute approximate surface area is 228 Å². The van der Waals surface area contributed by atoms with Gasteiger partial charge in [-0.05, 0) is 49.7 Å². The van der Waals surface area contributed by atoms with E-state index >= 15 is 0 Å². The Morgan fingerprint density at radius 3 is 2.67 bits per heavy atom. The topological polar surface area (TPSA) is 124 Å². The highest BCUT2D eigenvalue weighted by Crippen LogP contribution is 2.30. The van der Waals surface area contributed by atoms with Crippen LogP contribution in [0.1, 0.15) is 34.6 Å². The Morgan fingerprint density at radius 2 is 1.92 bits per heavy atom. The number of aryl methyl sites for hydroxylation is 1. The molecular formula is C28H25ClN6O4. The van der Waals surface area contributed by atoms with Crippen LogP contribution in [0, 0.1) is 6.92 Å². The highest BCUT2D eigenvalue weighted by atomic mass is 35.5. The van der Waals surface area contributed by atoms with Crippen molar-refractivity contribution in [2.75, 3.05) is 12.4 Å². The van der Waals surface area contributed by atoms with Crippen LogP contribution in [0.15, 0.2) is 65.7 Å². The van der Waals surface area contributed by atoms with Crippen molar-refractivity contribution in [3.05, 3.63) is 93.3 Å². The molecule has 11 heteroatoms. The fourth-order valence-electron chi connectivity index (χ4n) is 4.56. The Morgan fingerprint density at radius 1 is 1.15 bits per heavy atom. The number of methoxy groups -OCH3 is 1. The van der Waals surface area contributed by atoms with Gasteiger partial charge in [-0.25, -0.2) is 19.4 Å². The molecule has 0 radical (unpaired) electrons. The second-order valence-electron chi connectivity index (χ2n) is 9.10. The summed E-state index contributed by atoms with van der Waals surface area (Å²) in [5.74, 6) is -0.115. The van der Waals surface area contributed by atoms with E-state index in [4.69, 9.17) is 21.3 Å². The van der Waals surface area contributed by atoms with E-state index in [1.165, 1.54) is 10.6 Å². The highest BCUT2D eigenvalue weighted by Gasteiger charge is 2.21. The molecule has 2 aromatic carbocycles. The summed E-state index contributed by atoms with van der Waals surface area (Å²) in [6.07, 6.45) is 3.44. The number of aromatic carboxylic acids is 1. The van der Waals surface area contributed by atoms with Gasteiger partial charge in [-0.15, -0.1) is 0 Å². The van der Waals surface area contributed by atoms with Crippen molar-refractivity contribution in [3.63, 3.8) is 0 Å². The van der Waals surface area contributed by atoms with E-state index in [1.54, 1.807) is 43.4 Å². The van der Waals surface area contributed by atoms with E-state index in [2.05, 4.69) is 15.4 Å². The van der Waals surface area contributed by atoms with E-state index in [-0.39, 0.29) is 16.4 Å². The van der Waals surface area contributed by atoms with Gasteiger partial charge in [-0.3, -0.25) is 9.36 Å². The van der Waals surface area contributed by atoms with Crippen LogP contribution in [0.5, 0.6) is 5.75 Å². The lowest BCUT2D eigenvalue weighted by Crippen LogP contribution is -2.22. The van der Waals surface area contributed by atoms with Crippen molar-refractivity contribution in [2.45, 2.75) is 19.9 Å². The van der Waals surface area contributed by atoms with E-state index in [1.807, 2.05) is 44.2 Å². The molecular weight excluding hydrogens is 520 g/mol. The summed E-state index contributed by atoms with van der Waals surface area (Å²) in [6, 6.07) is 13.9. The second kappa shape index (κ2) is 10.2. The monoisotopic (exact) mass is 544 g/mol. The van der Waals surface area contributed by atoms with Gasteiger partial charge in [0.05, 0.1) is 41.5 Å². The van der Waals surface area contributed by atoms with Crippen molar-refractivity contribution in [1.29, 1.82) is 0 Å². The summed E-state index contributed by atoms with van der Waals surface area (Å²) in [7, 11) is 3.27. The van der Waals surface area contributed by atoms with Crippen LogP contribution in [0.4, 0.5) is 5.69 Å². The average Bonchev–Trinajstić information content (AvgIpc) is 3.41. The van der Waals surface area contributed by atoms with Crippen LogP contribution < -0.4 is 15.6 Å². The molecule has 3 heterocycles. The average molecular weight is 545 g/mol. The highest BCUT2D eigenvalue weighted by molar-refractivity contribution is 6.29. The Balaban J connectivity index is 1.62. The van der Waals surface area contributed by atoms with Gasteiger partial charge in [0.25, 0.3) is 5.56 Å². The van der Waals surface area contributed by atoms with E-state index < -0.39 is 12.0 Å². The zero-order valence-corrected chi connectivity index (χ0v) is 22.4. The number of benzene rings is 2. The molecule has 0 bridgehead atoms. The predicted octanol–water partition coefficient (Wildman–Crippen LogP) is 5.02. The quantitative estimate of drug-likeness (QED) is 0.274. The van der Waals surface area contributed by atoms with Crippen LogP contribution in [0.25, 0.3) is 28.0 Å². The molecule has 10 nitrogen and oxygen atoms in total. The summed E-state index contributed by atoms with van der Waals surface area (Å²) >= 11 is 5.92. The van der Waals surface area contributed by atoms with Crippen LogP contribution in [-0.2, 0) is 7.05 Å². The van der Waals surface area contributed by atoms with E-state index in [9.17, 15) is 14.7 Å². The molecule has 0 aliphatic carbocycles.